The first-order chi connectivity index (χ1) is 10.9. The topological polar surface area (TPSA) is 111 Å². The summed E-state index contributed by atoms with van der Waals surface area (Å²) in [6.07, 6.45) is 0. The zero-order valence-corrected chi connectivity index (χ0v) is 12.5. The molecule has 0 aromatic heterocycles. The van der Waals surface area contributed by atoms with E-state index in [0.29, 0.717) is 22.5 Å². The number of nitrogens with one attached hydrogen (secondary N) is 1. The Kier molecular flexibility index (Phi) is 4.65. The number of hydrazone groups is 1. The Morgan fingerprint density at radius 2 is 1.83 bits per heavy atom. The second-order valence-corrected chi connectivity index (χ2v) is 4.87. The summed E-state index contributed by atoms with van der Waals surface area (Å²) in [6.45, 7) is 3.36. The lowest BCUT2D eigenvalue weighted by Crippen LogP contribution is -2.02. The Morgan fingerprint density at radius 3 is 2.48 bits per heavy atom. The van der Waals surface area contributed by atoms with Crippen molar-refractivity contribution in [3.8, 4) is 0 Å². The van der Waals surface area contributed by atoms with E-state index < -0.39 is 9.85 Å². The van der Waals surface area contributed by atoms with Crippen molar-refractivity contribution < 1.29 is 9.85 Å². The molecular weight excluding hydrogens is 300 g/mol. The van der Waals surface area contributed by atoms with Gasteiger partial charge in [-0.3, -0.25) is 25.7 Å². The lowest BCUT2D eigenvalue weighted by molar-refractivity contribution is -0.385. The van der Waals surface area contributed by atoms with Gasteiger partial charge in [0, 0.05) is 29.3 Å². The summed E-state index contributed by atoms with van der Waals surface area (Å²) < 4.78 is 0. The highest BCUT2D eigenvalue weighted by Crippen LogP contribution is 2.20. The van der Waals surface area contributed by atoms with Crippen molar-refractivity contribution in [1.82, 2.24) is 0 Å². The molecule has 0 fully saturated rings. The molecule has 0 aliphatic carbocycles. The van der Waals surface area contributed by atoms with Gasteiger partial charge >= 0.3 is 0 Å². The minimum Gasteiger partial charge on any atom is -0.278 e. The molecule has 2 rings (SSSR count). The van der Waals surface area contributed by atoms with Gasteiger partial charge in [-0.1, -0.05) is 18.2 Å². The third kappa shape index (κ3) is 3.88. The van der Waals surface area contributed by atoms with Crippen LogP contribution in [0.5, 0.6) is 0 Å². The van der Waals surface area contributed by atoms with Crippen LogP contribution in [0, 0.1) is 27.2 Å². The molecule has 0 radical (unpaired) electrons. The van der Waals surface area contributed by atoms with Crippen LogP contribution in [0.1, 0.15) is 18.1 Å². The molecule has 23 heavy (non-hydrogen) atoms. The Morgan fingerprint density at radius 1 is 1.09 bits per heavy atom. The second kappa shape index (κ2) is 6.65. The maximum atomic E-state index is 11.0. The number of non-ortho nitro benzene ring substituents is 1. The summed E-state index contributed by atoms with van der Waals surface area (Å²) >= 11 is 0. The molecule has 1 N–H and O–H groups in total. The van der Waals surface area contributed by atoms with E-state index in [1.165, 1.54) is 18.2 Å². The molecule has 8 nitrogen and oxygen atoms in total. The number of hydrogen-bond acceptors (Lipinski definition) is 6. The minimum absolute atomic E-state index is 0.0207. The number of benzene rings is 2. The molecule has 0 spiro atoms. The molecule has 0 aliphatic heterocycles. The number of anilines is 1. The lowest BCUT2D eigenvalue weighted by Gasteiger charge is -2.05. The first-order valence-electron chi connectivity index (χ1n) is 6.68. The molecule has 118 valence electrons. The Bertz CT molecular complexity index is 802. The van der Waals surface area contributed by atoms with Crippen LogP contribution in [-0.4, -0.2) is 15.6 Å². The van der Waals surface area contributed by atoms with E-state index in [1.807, 2.05) is 0 Å². The predicted octanol–water partition coefficient (Wildman–Crippen LogP) is 3.65. The van der Waals surface area contributed by atoms with Crippen LogP contribution in [0.2, 0.25) is 0 Å². The molecule has 0 bridgehead atoms. The number of rotatable bonds is 5. The average Bonchev–Trinajstić information content (AvgIpc) is 2.53. The highest BCUT2D eigenvalue weighted by Gasteiger charge is 2.12. The molecule has 8 heteroatoms. The first-order valence-corrected chi connectivity index (χ1v) is 6.68. The molecular formula is C15H14N4O4. The van der Waals surface area contributed by atoms with Crippen molar-refractivity contribution in [1.29, 1.82) is 0 Å². The molecule has 0 atom stereocenters. The van der Waals surface area contributed by atoms with E-state index in [1.54, 1.807) is 38.1 Å². The SMILES string of the molecule is C/C(=N\Nc1cccc([N+](=O)[O-])c1)c1ccc(C)c([N+](=O)[O-])c1. The quantitative estimate of drug-likeness (QED) is 0.514. The summed E-state index contributed by atoms with van der Waals surface area (Å²) in [6, 6.07) is 10.8. The number of nitrogens with zero attached hydrogens (tertiary/aromatic N) is 3. The van der Waals surface area contributed by atoms with Gasteiger partial charge in [0.25, 0.3) is 11.4 Å². The van der Waals surface area contributed by atoms with E-state index in [9.17, 15) is 20.2 Å². The maximum Gasteiger partial charge on any atom is 0.272 e. The smallest absolute Gasteiger partial charge is 0.272 e. The van der Waals surface area contributed by atoms with E-state index in [4.69, 9.17) is 0 Å². The van der Waals surface area contributed by atoms with Gasteiger partial charge in [-0.05, 0) is 19.9 Å². The van der Waals surface area contributed by atoms with Gasteiger partial charge in [-0.15, -0.1) is 0 Å². The summed E-state index contributed by atoms with van der Waals surface area (Å²) in [4.78, 5) is 20.7. The van der Waals surface area contributed by atoms with Crippen molar-refractivity contribution in [2.45, 2.75) is 13.8 Å². The summed E-state index contributed by atoms with van der Waals surface area (Å²) in [5.41, 5.74) is 4.84. The summed E-state index contributed by atoms with van der Waals surface area (Å²) in [5.74, 6) is 0. The second-order valence-electron chi connectivity index (χ2n) is 4.87. The highest BCUT2D eigenvalue weighted by molar-refractivity contribution is 5.99. The predicted molar refractivity (Wildman–Crippen MR) is 86.8 cm³/mol. The Balaban J connectivity index is 2.23. The molecule has 2 aromatic rings. The van der Waals surface area contributed by atoms with Gasteiger partial charge in [-0.25, -0.2) is 0 Å². The Labute approximate surface area is 131 Å². The number of nitro groups is 2. The van der Waals surface area contributed by atoms with Crippen LogP contribution < -0.4 is 5.43 Å². The molecule has 0 amide bonds. The van der Waals surface area contributed by atoms with Crippen molar-refractivity contribution >= 4 is 22.8 Å². The number of aryl methyl sites for hydroxylation is 1. The average molecular weight is 314 g/mol. The van der Waals surface area contributed by atoms with E-state index in [0.717, 1.165) is 0 Å². The van der Waals surface area contributed by atoms with Crippen LogP contribution in [0.25, 0.3) is 0 Å². The zero-order valence-electron chi connectivity index (χ0n) is 12.5. The summed E-state index contributed by atoms with van der Waals surface area (Å²) in [5, 5.41) is 25.8. The lowest BCUT2D eigenvalue weighted by atomic mass is 10.1. The minimum atomic E-state index is -0.495. The molecule has 0 heterocycles. The van der Waals surface area contributed by atoms with Crippen molar-refractivity contribution in [3.63, 3.8) is 0 Å². The van der Waals surface area contributed by atoms with E-state index >= 15 is 0 Å². The van der Waals surface area contributed by atoms with Gasteiger partial charge in [0.1, 0.15) is 0 Å². The molecule has 0 unspecified atom stereocenters. The largest absolute Gasteiger partial charge is 0.278 e. The van der Waals surface area contributed by atoms with Crippen molar-refractivity contribution in [2.75, 3.05) is 5.43 Å². The van der Waals surface area contributed by atoms with Gasteiger partial charge in [0.05, 0.1) is 21.2 Å². The highest BCUT2D eigenvalue weighted by atomic mass is 16.6. The molecule has 2 aromatic carbocycles. The number of nitro benzene ring substituents is 2. The first kappa shape index (κ1) is 16.1. The monoisotopic (exact) mass is 314 g/mol. The molecule has 0 saturated heterocycles. The summed E-state index contributed by atoms with van der Waals surface area (Å²) in [7, 11) is 0. The third-order valence-corrected chi connectivity index (χ3v) is 3.23. The number of hydrogen-bond donors (Lipinski definition) is 1. The van der Waals surface area contributed by atoms with Gasteiger partial charge in [0.2, 0.25) is 0 Å². The van der Waals surface area contributed by atoms with Crippen molar-refractivity contribution in [3.05, 3.63) is 73.8 Å². The fraction of sp³-hybridized carbons (Fsp3) is 0.133. The fourth-order valence-electron chi connectivity index (χ4n) is 1.93. The van der Waals surface area contributed by atoms with Crippen LogP contribution in [0.3, 0.4) is 0 Å². The van der Waals surface area contributed by atoms with Crippen molar-refractivity contribution in [2.24, 2.45) is 5.10 Å². The third-order valence-electron chi connectivity index (χ3n) is 3.23. The van der Waals surface area contributed by atoms with Crippen LogP contribution in [0.15, 0.2) is 47.6 Å². The molecule has 0 aliphatic rings. The van der Waals surface area contributed by atoms with E-state index in [-0.39, 0.29) is 11.4 Å². The zero-order chi connectivity index (χ0) is 17.0. The normalized spacial score (nSPS) is 11.1. The Hall–Kier alpha value is -3.29. The molecule has 0 saturated carbocycles. The van der Waals surface area contributed by atoms with Crippen LogP contribution in [-0.2, 0) is 0 Å². The van der Waals surface area contributed by atoms with E-state index in [2.05, 4.69) is 10.5 Å². The van der Waals surface area contributed by atoms with Crippen LogP contribution >= 0.6 is 0 Å². The van der Waals surface area contributed by atoms with Crippen LogP contribution in [0.4, 0.5) is 17.1 Å². The van der Waals surface area contributed by atoms with Gasteiger partial charge < -0.3 is 0 Å². The maximum absolute atomic E-state index is 11.0. The fourth-order valence-corrected chi connectivity index (χ4v) is 1.93. The van der Waals surface area contributed by atoms with Gasteiger partial charge in [0.15, 0.2) is 0 Å². The van der Waals surface area contributed by atoms with Gasteiger partial charge in [-0.2, -0.15) is 5.10 Å². The standard InChI is InChI=1S/C15H14N4O4/c1-10-6-7-12(8-15(10)19(22)23)11(2)16-17-13-4-3-5-14(9-13)18(20)21/h3-9,17H,1-2H3/b16-11+.